The molecule has 2 heterocycles. The number of carbonyl (C=O) groups is 1. The number of carbonyl (C=O) groups excluding carboxylic acids is 1. The first kappa shape index (κ1) is 15.4. The van der Waals surface area contributed by atoms with E-state index in [0.717, 1.165) is 12.1 Å². The van der Waals surface area contributed by atoms with Gasteiger partial charge in [0.05, 0.1) is 22.6 Å². The van der Waals surface area contributed by atoms with Gasteiger partial charge in [-0.3, -0.25) is 9.48 Å². The molecule has 2 aromatic rings. The first-order valence-corrected chi connectivity index (χ1v) is 7.16. The minimum absolute atomic E-state index is 0.124. The zero-order valence-corrected chi connectivity index (χ0v) is 13.3. The number of rotatable bonds is 4. The van der Waals surface area contributed by atoms with Crippen LogP contribution in [0.5, 0.6) is 0 Å². The molecule has 1 N–H and O–H groups in total. The second kappa shape index (κ2) is 6.22. The van der Waals surface area contributed by atoms with Gasteiger partial charge in [0.25, 0.3) is 5.91 Å². The highest BCUT2D eigenvalue weighted by Crippen LogP contribution is 2.19. The highest BCUT2D eigenvalue weighted by molar-refractivity contribution is 6.33. The third-order valence-electron chi connectivity index (χ3n) is 2.98. The number of halogens is 1. The highest BCUT2D eigenvalue weighted by atomic mass is 35.5. The van der Waals surface area contributed by atoms with Gasteiger partial charge in [0, 0.05) is 19.2 Å². The molecule has 112 valence electrons. The molecule has 0 fully saturated rings. The van der Waals surface area contributed by atoms with Crippen molar-refractivity contribution in [1.82, 2.24) is 19.7 Å². The molecule has 6 nitrogen and oxygen atoms in total. The molecule has 0 saturated heterocycles. The van der Waals surface area contributed by atoms with Crippen LogP contribution >= 0.6 is 11.6 Å². The van der Waals surface area contributed by atoms with Crippen molar-refractivity contribution in [2.24, 2.45) is 7.05 Å². The molecule has 0 unspecified atom stereocenters. The zero-order chi connectivity index (χ0) is 15.6. The maximum Gasteiger partial charge on any atom is 0.276 e. The molecule has 1 amide bonds. The summed E-state index contributed by atoms with van der Waals surface area (Å²) >= 11 is 6.03. The van der Waals surface area contributed by atoms with Crippen molar-refractivity contribution in [2.45, 2.75) is 33.1 Å². The third kappa shape index (κ3) is 3.39. The van der Waals surface area contributed by atoms with Crippen molar-refractivity contribution < 1.29 is 4.79 Å². The number of nitrogens with zero attached hydrogens (tertiary/aromatic N) is 4. The lowest BCUT2D eigenvalue weighted by molar-refractivity contribution is 0.102. The smallest absolute Gasteiger partial charge is 0.276 e. The Labute approximate surface area is 128 Å². The summed E-state index contributed by atoms with van der Waals surface area (Å²) in [6, 6.07) is 0. The Kier molecular flexibility index (Phi) is 4.57. The first-order valence-electron chi connectivity index (χ1n) is 6.78. The summed E-state index contributed by atoms with van der Waals surface area (Å²) in [5.41, 5.74) is 1.67. The van der Waals surface area contributed by atoms with E-state index in [1.165, 1.54) is 6.20 Å². The molecule has 7 heteroatoms. The summed E-state index contributed by atoms with van der Waals surface area (Å²) in [5, 5.41) is 7.32. The average molecular weight is 308 g/mol. The van der Waals surface area contributed by atoms with E-state index in [0.29, 0.717) is 11.5 Å². The van der Waals surface area contributed by atoms with Crippen LogP contribution in [0, 0.1) is 0 Å². The predicted molar refractivity (Wildman–Crippen MR) is 81.7 cm³/mol. The number of nitrogens with one attached hydrogen (secondary N) is 1. The molecule has 0 bridgehead atoms. The number of aromatic nitrogens is 4. The van der Waals surface area contributed by atoms with Crippen molar-refractivity contribution in [2.75, 3.05) is 5.32 Å². The summed E-state index contributed by atoms with van der Waals surface area (Å²) in [4.78, 5) is 20.7. The summed E-state index contributed by atoms with van der Waals surface area (Å²) < 4.78 is 1.66. The van der Waals surface area contributed by atoms with Gasteiger partial charge in [-0.25, -0.2) is 9.97 Å². The molecule has 0 aliphatic carbocycles. The van der Waals surface area contributed by atoms with Crippen LogP contribution in [0.4, 0.5) is 5.69 Å². The van der Waals surface area contributed by atoms with Crippen molar-refractivity contribution in [1.29, 1.82) is 0 Å². The Morgan fingerprint density at radius 1 is 1.48 bits per heavy atom. The molecule has 21 heavy (non-hydrogen) atoms. The molecular formula is C14H18ClN5O. The normalized spacial score (nSPS) is 11.0. The molecule has 0 radical (unpaired) electrons. The van der Waals surface area contributed by atoms with Crippen molar-refractivity contribution in [3.8, 4) is 0 Å². The molecule has 0 aliphatic rings. The third-order valence-corrected chi connectivity index (χ3v) is 3.26. The largest absolute Gasteiger partial charge is 0.318 e. The highest BCUT2D eigenvalue weighted by Gasteiger charge is 2.17. The van der Waals surface area contributed by atoms with Gasteiger partial charge in [-0.2, -0.15) is 5.10 Å². The van der Waals surface area contributed by atoms with Gasteiger partial charge in [-0.15, -0.1) is 0 Å². The molecule has 2 rings (SSSR count). The van der Waals surface area contributed by atoms with Gasteiger partial charge < -0.3 is 5.32 Å². The standard InChI is InChI=1S/C14H18ClN5O/c1-5-10-11(7-20(4)19-10)17-14(21)12-9(15)6-16-13(18-12)8(2)3/h6-8H,5H2,1-4H3,(H,17,21). The summed E-state index contributed by atoms with van der Waals surface area (Å²) in [5.74, 6) is 0.358. The van der Waals surface area contributed by atoms with Crippen molar-refractivity contribution in [3.05, 3.63) is 34.6 Å². The fourth-order valence-corrected chi connectivity index (χ4v) is 2.08. The fourth-order valence-electron chi connectivity index (χ4n) is 1.90. The molecule has 0 spiro atoms. The Morgan fingerprint density at radius 3 is 2.81 bits per heavy atom. The van der Waals surface area contributed by atoms with Crippen LogP contribution in [0.1, 0.15) is 48.7 Å². The Balaban J connectivity index is 2.29. The second-order valence-corrected chi connectivity index (χ2v) is 5.46. The first-order chi connectivity index (χ1) is 9.92. The van der Waals surface area contributed by atoms with Gasteiger partial charge in [-0.1, -0.05) is 32.4 Å². The maximum absolute atomic E-state index is 12.4. The monoisotopic (exact) mass is 307 g/mol. The predicted octanol–water partition coefficient (Wildman–Crippen LogP) is 2.80. The lowest BCUT2D eigenvalue weighted by atomic mass is 10.2. The van der Waals surface area contributed by atoms with Gasteiger partial charge in [0.15, 0.2) is 5.69 Å². The van der Waals surface area contributed by atoms with Gasteiger partial charge in [-0.05, 0) is 6.42 Å². The Morgan fingerprint density at radius 2 is 2.19 bits per heavy atom. The van der Waals surface area contributed by atoms with E-state index in [1.54, 1.807) is 10.9 Å². The number of aryl methyl sites for hydroxylation is 2. The summed E-state index contributed by atoms with van der Waals surface area (Å²) in [6.45, 7) is 5.90. The minimum Gasteiger partial charge on any atom is -0.318 e. The topological polar surface area (TPSA) is 72.7 Å². The van der Waals surface area contributed by atoms with E-state index in [4.69, 9.17) is 11.6 Å². The van der Waals surface area contributed by atoms with E-state index >= 15 is 0 Å². The number of amides is 1. The number of hydrogen-bond donors (Lipinski definition) is 1. The average Bonchev–Trinajstić information content (AvgIpc) is 2.78. The van der Waals surface area contributed by atoms with E-state index in [9.17, 15) is 4.79 Å². The molecule has 0 atom stereocenters. The van der Waals surface area contributed by atoms with Crippen LogP contribution in [-0.4, -0.2) is 25.7 Å². The lowest BCUT2D eigenvalue weighted by Gasteiger charge is -2.08. The second-order valence-electron chi connectivity index (χ2n) is 5.05. The molecule has 2 aromatic heterocycles. The quantitative estimate of drug-likeness (QED) is 0.942. The van der Waals surface area contributed by atoms with Crippen LogP contribution in [0.2, 0.25) is 5.02 Å². The van der Waals surface area contributed by atoms with Crippen LogP contribution in [0.25, 0.3) is 0 Å². The maximum atomic E-state index is 12.4. The lowest BCUT2D eigenvalue weighted by Crippen LogP contribution is -2.16. The fraction of sp³-hybridized carbons (Fsp3) is 0.429. The zero-order valence-electron chi connectivity index (χ0n) is 12.5. The van der Waals surface area contributed by atoms with Crippen molar-refractivity contribution in [3.63, 3.8) is 0 Å². The van der Waals surface area contributed by atoms with Crippen molar-refractivity contribution >= 4 is 23.2 Å². The van der Waals surface area contributed by atoms with E-state index in [2.05, 4.69) is 20.4 Å². The number of anilines is 1. The van der Waals surface area contributed by atoms with E-state index in [1.807, 2.05) is 27.8 Å². The molecule has 0 saturated carbocycles. The van der Waals surface area contributed by atoms with Gasteiger partial charge in [0.1, 0.15) is 5.82 Å². The Hall–Kier alpha value is -1.95. The van der Waals surface area contributed by atoms with E-state index < -0.39 is 0 Å². The summed E-state index contributed by atoms with van der Waals surface area (Å²) in [7, 11) is 1.81. The van der Waals surface area contributed by atoms with Crippen LogP contribution < -0.4 is 5.32 Å². The Bertz CT molecular complexity index is 665. The molecule has 0 aliphatic heterocycles. The van der Waals surface area contributed by atoms with Crippen LogP contribution in [-0.2, 0) is 13.5 Å². The van der Waals surface area contributed by atoms with Gasteiger partial charge >= 0.3 is 0 Å². The van der Waals surface area contributed by atoms with Crippen LogP contribution in [0.15, 0.2) is 12.4 Å². The summed E-state index contributed by atoms with van der Waals surface area (Å²) in [6.07, 6.45) is 3.95. The number of hydrogen-bond acceptors (Lipinski definition) is 4. The minimum atomic E-state index is -0.355. The van der Waals surface area contributed by atoms with E-state index in [-0.39, 0.29) is 22.5 Å². The molecule has 0 aromatic carbocycles. The molecular weight excluding hydrogens is 290 g/mol. The van der Waals surface area contributed by atoms with Crippen LogP contribution in [0.3, 0.4) is 0 Å². The van der Waals surface area contributed by atoms with Gasteiger partial charge in [0.2, 0.25) is 0 Å². The SMILES string of the molecule is CCc1nn(C)cc1NC(=O)c1nc(C(C)C)ncc1Cl.